The molecule has 0 unspecified atom stereocenters. The molecule has 0 atom stereocenters. The maximum Gasteiger partial charge on any atom is 0.332 e. The van der Waals surface area contributed by atoms with Crippen LogP contribution in [-0.2, 0) is 36.8 Å². The average Bonchev–Trinajstić information content (AvgIpc) is 3.19. The topological polar surface area (TPSA) is 120 Å². The fraction of sp³-hybridized carbons (Fsp3) is 0.381. The van der Waals surface area contributed by atoms with Crippen molar-refractivity contribution in [1.29, 1.82) is 0 Å². The predicted octanol–water partition coefficient (Wildman–Crippen LogP) is 0.0366. The number of hydrogen-bond acceptors (Lipinski definition) is 5. The largest absolute Gasteiger partial charge is 0.356 e. The van der Waals surface area contributed by atoms with E-state index in [4.69, 9.17) is 0 Å². The first-order valence-corrected chi connectivity index (χ1v) is 10.1. The number of aryl methyl sites for hydroxylation is 2. The van der Waals surface area contributed by atoms with Gasteiger partial charge >= 0.3 is 5.69 Å². The molecule has 2 amide bonds. The van der Waals surface area contributed by atoms with E-state index in [0.717, 1.165) is 10.1 Å². The zero-order chi connectivity index (χ0) is 22.4. The van der Waals surface area contributed by atoms with Gasteiger partial charge in [0.2, 0.25) is 11.8 Å². The molecule has 0 saturated carbocycles. The third-order valence-electron chi connectivity index (χ3n) is 5.03. The third kappa shape index (κ3) is 5.27. The molecule has 0 saturated heterocycles. The molecule has 10 heteroatoms. The SMILES string of the molecule is Cn1c(=O)c2c(ncn2CCCC(=O)NCCC(=O)NCc2ccccc2)n(C)c1=O. The Labute approximate surface area is 178 Å². The van der Waals surface area contributed by atoms with Crippen molar-refractivity contribution >= 4 is 23.0 Å². The summed E-state index contributed by atoms with van der Waals surface area (Å²) >= 11 is 0. The number of aromatic nitrogens is 4. The number of carbonyl (C=O) groups excluding carboxylic acids is 2. The lowest BCUT2D eigenvalue weighted by Crippen LogP contribution is -2.37. The number of hydrogen-bond donors (Lipinski definition) is 2. The molecule has 2 N–H and O–H groups in total. The molecule has 3 rings (SSSR count). The lowest BCUT2D eigenvalue weighted by Gasteiger charge is -2.08. The van der Waals surface area contributed by atoms with Gasteiger partial charge in [-0.25, -0.2) is 9.78 Å². The van der Waals surface area contributed by atoms with Gasteiger partial charge in [0.25, 0.3) is 5.56 Å². The van der Waals surface area contributed by atoms with E-state index >= 15 is 0 Å². The van der Waals surface area contributed by atoms with Crippen molar-refractivity contribution in [3.8, 4) is 0 Å². The van der Waals surface area contributed by atoms with Crippen LogP contribution in [0, 0.1) is 0 Å². The van der Waals surface area contributed by atoms with Gasteiger partial charge in [-0.15, -0.1) is 0 Å². The second-order valence-electron chi connectivity index (χ2n) is 7.28. The Kier molecular flexibility index (Phi) is 7.01. The molecule has 0 aliphatic rings. The molecule has 3 aromatic rings. The van der Waals surface area contributed by atoms with Crippen LogP contribution >= 0.6 is 0 Å². The number of rotatable bonds is 9. The van der Waals surface area contributed by atoms with Crippen LogP contribution < -0.4 is 21.9 Å². The summed E-state index contributed by atoms with van der Waals surface area (Å²) in [5.74, 6) is -0.295. The number of imidazole rings is 1. The fourth-order valence-corrected chi connectivity index (χ4v) is 3.27. The first-order chi connectivity index (χ1) is 14.9. The van der Waals surface area contributed by atoms with Crippen LogP contribution in [0.1, 0.15) is 24.8 Å². The highest BCUT2D eigenvalue weighted by Gasteiger charge is 2.14. The molecule has 0 aliphatic heterocycles. The molecule has 10 nitrogen and oxygen atoms in total. The van der Waals surface area contributed by atoms with E-state index in [2.05, 4.69) is 15.6 Å². The van der Waals surface area contributed by atoms with E-state index in [1.807, 2.05) is 30.3 Å². The predicted molar refractivity (Wildman–Crippen MR) is 115 cm³/mol. The van der Waals surface area contributed by atoms with Gasteiger partial charge in [-0.2, -0.15) is 0 Å². The van der Waals surface area contributed by atoms with Crippen molar-refractivity contribution in [1.82, 2.24) is 29.3 Å². The van der Waals surface area contributed by atoms with E-state index in [1.165, 1.54) is 17.9 Å². The highest BCUT2D eigenvalue weighted by atomic mass is 16.2. The molecule has 0 spiro atoms. The van der Waals surface area contributed by atoms with E-state index in [1.54, 1.807) is 11.6 Å². The van der Waals surface area contributed by atoms with Crippen molar-refractivity contribution in [3.63, 3.8) is 0 Å². The highest BCUT2D eigenvalue weighted by molar-refractivity contribution is 5.79. The minimum absolute atomic E-state index is 0.129. The lowest BCUT2D eigenvalue weighted by molar-refractivity contribution is -0.122. The number of amides is 2. The van der Waals surface area contributed by atoms with E-state index in [9.17, 15) is 19.2 Å². The smallest absolute Gasteiger partial charge is 0.332 e. The quantitative estimate of drug-likeness (QED) is 0.501. The summed E-state index contributed by atoms with van der Waals surface area (Å²) in [7, 11) is 2.98. The highest BCUT2D eigenvalue weighted by Crippen LogP contribution is 2.07. The zero-order valence-electron chi connectivity index (χ0n) is 17.6. The van der Waals surface area contributed by atoms with Crippen molar-refractivity contribution in [2.45, 2.75) is 32.4 Å². The minimum Gasteiger partial charge on any atom is -0.356 e. The van der Waals surface area contributed by atoms with Gasteiger partial charge in [-0.1, -0.05) is 30.3 Å². The lowest BCUT2D eigenvalue weighted by atomic mass is 10.2. The third-order valence-corrected chi connectivity index (χ3v) is 5.03. The van der Waals surface area contributed by atoms with Crippen LogP contribution in [0.3, 0.4) is 0 Å². The fourth-order valence-electron chi connectivity index (χ4n) is 3.27. The summed E-state index contributed by atoms with van der Waals surface area (Å²) in [4.78, 5) is 52.4. The molecular weight excluding hydrogens is 400 g/mol. The zero-order valence-corrected chi connectivity index (χ0v) is 17.6. The first-order valence-electron chi connectivity index (χ1n) is 10.1. The molecule has 0 fully saturated rings. The number of fused-ring (bicyclic) bond motifs is 1. The van der Waals surface area contributed by atoms with E-state index in [0.29, 0.717) is 30.7 Å². The van der Waals surface area contributed by atoms with Crippen molar-refractivity contribution in [3.05, 3.63) is 63.1 Å². The Bertz CT molecular complexity index is 1190. The Morgan fingerprint density at radius 1 is 0.968 bits per heavy atom. The second-order valence-corrected chi connectivity index (χ2v) is 7.28. The molecule has 1 aromatic carbocycles. The number of benzene rings is 1. The Morgan fingerprint density at radius 3 is 2.42 bits per heavy atom. The van der Waals surface area contributed by atoms with Crippen LogP contribution in [0.15, 0.2) is 46.2 Å². The summed E-state index contributed by atoms with van der Waals surface area (Å²) in [5, 5.41) is 5.54. The van der Waals surface area contributed by atoms with Gasteiger partial charge in [-0.3, -0.25) is 23.5 Å². The van der Waals surface area contributed by atoms with Crippen LogP contribution in [0.4, 0.5) is 0 Å². The minimum atomic E-state index is -0.435. The first kappa shape index (κ1) is 22.0. The molecular formula is C21H26N6O4. The van der Waals surface area contributed by atoms with Gasteiger partial charge in [0.15, 0.2) is 11.2 Å². The summed E-state index contributed by atoms with van der Waals surface area (Å²) in [6, 6.07) is 9.60. The molecule has 0 aliphatic carbocycles. The Morgan fingerprint density at radius 2 is 1.68 bits per heavy atom. The maximum atomic E-state index is 12.4. The summed E-state index contributed by atoms with van der Waals surface area (Å²) in [5.41, 5.74) is 0.817. The van der Waals surface area contributed by atoms with Crippen molar-refractivity contribution in [2.75, 3.05) is 6.54 Å². The van der Waals surface area contributed by atoms with Crippen molar-refractivity contribution in [2.24, 2.45) is 14.1 Å². The van der Waals surface area contributed by atoms with Gasteiger partial charge in [0.05, 0.1) is 6.33 Å². The number of nitrogens with zero attached hydrogens (tertiary/aromatic N) is 4. The van der Waals surface area contributed by atoms with Gasteiger partial charge in [-0.05, 0) is 12.0 Å². The van der Waals surface area contributed by atoms with E-state index < -0.39 is 11.2 Å². The normalized spacial score (nSPS) is 10.9. The van der Waals surface area contributed by atoms with Crippen LogP contribution in [0.25, 0.3) is 11.2 Å². The molecule has 0 radical (unpaired) electrons. The average molecular weight is 426 g/mol. The molecule has 164 valence electrons. The monoisotopic (exact) mass is 426 g/mol. The van der Waals surface area contributed by atoms with E-state index in [-0.39, 0.29) is 31.2 Å². The number of nitrogens with one attached hydrogen (secondary N) is 2. The molecule has 31 heavy (non-hydrogen) atoms. The standard InChI is InChI=1S/C21H26N6O4/c1-25-19-18(20(30)26(2)21(25)31)27(14-24-19)12-6-9-16(28)22-11-10-17(29)23-13-15-7-4-3-5-8-15/h3-5,7-8,14H,6,9-13H2,1-2H3,(H,22,28)(H,23,29). The Hall–Kier alpha value is -3.69. The maximum absolute atomic E-state index is 12.4. The summed E-state index contributed by atoms with van der Waals surface area (Å²) in [6.45, 7) is 1.13. The molecule has 2 aromatic heterocycles. The van der Waals surface area contributed by atoms with Crippen molar-refractivity contribution < 1.29 is 9.59 Å². The van der Waals surface area contributed by atoms with Gasteiger partial charge in [0, 0.05) is 46.6 Å². The Balaban J connectivity index is 1.42. The van der Waals surface area contributed by atoms with Gasteiger partial charge in [0.1, 0.15) is 0 Å². The van der Waals surface area contributed by atoms with Crippen LogP contribution in [-0.4, -0.2) is 37.0 Å². The second kappa shape index (κ2) is 9.88. The van der Waals surface area contributed by atoms with Crippen LogP contribution in [0.2, 0.25) is 0 Å². The number of carbonyl (C=O) groups is 2. The molecule has 0 bridgehead atoms. The summed E-state index contributed by atoms with van der Waals surface area (Å²) in [6.07, 6.45) is 2.44. The summed E-state index contributed by atoms with van der Waals surface area (Å²) < 4.78 is 4.01. The molecule has 2 heterocycles. The van der Waals surface area contributed by atoms with Crippen LogP contribution in [0.5, 0.6) is 0 Å². The van der Waals surface area contributed by atoms with Gasteiger partial charge < -0.3 is 15.2 Å².